The van der Waals surface area contributed by atoms with Crippen molar-refractivity contribution >= 4 is 117 Å². The maximum atomic E-state index is 2.53. The van der Waals surface area contributed by atoms with Crippen molar-refractivity contribution in [3.8, 4) is 0 Å². The van der Waals surface area contributed by atoms with Gasteiger partial charge in [-0.1, -0.05) is 203 Å². The van der Waals surface area contributed by atoms with Crippen molar-refractivity contribution in [2.24, 2.45) is 0 Å². The summed E-state index contributed by atoms with van der Waals surface area (Å²) >= 11 is 0. The van der Waals surface area contributed by atoms with E-state index in [-0.39, 0.29) is 13.4 Å². The molecule has 3 aliphatic rings. The first-order valence-corrected chi connectivity index (χ1v) is 28.3. The standard InChI is InChI=1S/C56H52B2N2Si2/c1-37-33-41(59-47-25-13-17-29-51(47)61(5,6)52-30-18-14-26-48(52)59)34-38(2)55(37)57-43-21-9-11-23-45(43)58(46-24-12-10-22-44(46)57)56-39(3)35-42(36-40(56)4)60-49-27-15-19-31-53(49)62(7,8)54-32-20-16-28-50(54)60/h9-36H,1-8H3. The maximum Gasteiger partial charge on any atom is 0.240 e. The molecule has 0 atom stereocenters. The van der Waals surface area contributed by atoms with Gasteiger partial charge in [-0.2, -0.15) is 0 Å². The molecule has 0 saturated heterocycles. The van der Waals surface area contributed by atoms with E-state index >= 15 is 0 Å². The predicted molar refractivity (Wildman–Crippen MR) is 277 cm³/mol. The van der Waals surface area contributed by atoms with Crippen LogP contribution in [-0.4, -0.2) is 29.6 Å². The van der Waals surface area contributed by atoms with Crippen molar-refractivity contribution in [3.63, 3.8) is 0 Å². The minimum absolute atomic E-state index is 0.119. The summed E-state index contributed by atoms with van der Waals surface area (Å²) in [6.45, 7) is 19.6. The molecule has 300 valence electrons. The van der Waals surface area contributed by atoms with Gasteiger partial charge in [-0.25, -0.2) is 0 Å². The average Bonchev–Trinajstić information content (AvgIpc) is 3.27. The Morgan fingerprint density at radius 2 is 0.548 bits per heavy atom. The summed E-state index contributed by atoms with van der Waals surface area (Å²) in [5.41, 5.74) is 21.5. The lowest BCUT2D eigenvalue weighted by molar-refractivity contribution is 1.26. The zero-order valence-corrected chi connectivity index (χ0v) is 39.2. The Hall–Kier alpha value is -6.08. The van der Waals surface area contributed by atoms with Gasteiger partial charge in [0.25, 0.3) is 0 Å². The zero-order chi connectivity index (χ0) is 42.7. The summed E-state index contributed by atoms with van der Waals surface area (Å²) in [5, 5.41) is 5.98. The Kier molecular flexibility index (Phi) is 8.91. The van der Waals surface area contributed by atoms with Gasteiger partial charge in [-0.3, -0.25) is 0 Å². The van der Waals surface area contributed by atoms with Crippen LogP contribution in [0.15, 0.2) is 170 Å². The summed E-state index contributed by atoms with van der Waals surface area (Å²) in [6.07, 6.45) is 0. The molecule has 0 bridgehead atoms. The molecule has 0 aliphatic carbocycles. The highest BCUT2D eigenvalue weighted by molar-refractivity contribution is 7.11. The average molecular weight is 831 g/mol. The number of fused-ring (bicyclic) bond motifs is 6. The van der Waals surface area contributed by atoms with Crippen molar-refractivity contribution in [2.75, 3.05) is 9.80 Å². The Morgan fingerprint density at radius 1 is 0.323 bits per heavy atom. The number of aryl methyl sites for hydroxylation is 4. The molecule has 2 nitrogen and oxygen atoms in total. The summed E-state index contributed by atoms with van der Waals surface area (Å²) in [5.74, 6) is 0. The minimum atomic E-state index is -1.88. The normalized spacial score (nSPS) is 15.2. The van der Waals surface area contributed by atoms with Crippen molar-refractivity contribution in [1.82, 2.24) is 0 Å². The van der Waals surface area contributed by atoms with Gasteiger partial charge in [0.05, 0.1) is 0 Å². The van der Waals surface area contributed by atoms with Crippen LogP contribution in [0.3, 0.4) is 0 Å². The molecule has 11 rings (SSSR count). The Morgan fingerprint density at radius 3 is 0.806 bits per heavy atom. The number of anilines is 6. The van der Waals surface area contributed by atoms with Crippen molar-refractivity contribution in [2.45, 2.75) is 53.9 Å². The van der Waals surface area contributed by atoms with Gasteiger partial charge in [0, 0.05) is 34.1 Å². The Balaban J connectivity index is 1.04. The molecular weight excluding hydrogens is 778 g/mol. The third-order valence-corrected chi connectivity index (χ3v) is 21.8. The van der Waals surface area contributed by atoms with Gasteiger partial charge < -0.3 is 9.80 Å². The third kappa shape index (κ3) is 5.62. The van der Waals surface area contributed by atoms with Crippen LogP contribution in [0.1, 0.15) is 22.3 Å². The number of hydrogen-bond donors (Lipinski definition) is 0. The first-order chi connectivity index (χ1) is 30.0. The highest BCUT2D eigenvalue weighted by Crippen LogP contribution is 2.40. The van der Waals surface area contributed by atoms with E-state index in [0.717, 1.165) is 0 Å². The number of hydrogen-bond acceptors (Lipinski definition) is 2. The van der Waals surface area contributed by atoms with Crippen LogP contribution < -0.4 is 63.3 Å². The van der Waals surface area contributed by atoms with E-state index in [0.29, 0.717) is 0 Å². The van der Waals surface area contributed by atoms with Crippen LogP contribution in [0.5, 0.6) is 0 Å². The molecule has 0 saturated carbocycles. The van der Waals surface area contributed by atoms with E-state index in [9.17, 15) is 0 Å². The zero-order valence-electron chi connectivity index (χ0n) is 37.2. The van der Waals surface area contributed by atoms with Crippen LogP contribution >= 0.6 is 0 Å². The van der Waals surface area contributed by atoms with E-state index in [2.05, 4.69) is 234 Å². The van der Waals surface area contributed by atoms with E-state index in [4.69, 9.17) is 0 Å². The SMILES string of the molecule is Cc1cc(N2c3ccccc3[Si](C)(C)c3ccccc32)cc(C)c1B1c2ccccc2B(c2c(C)cc(N3c4ccccc4[Si](C)(C)c4ccccc43)cc2C)c2ccccc21. The summed E-state index contributed by atoms with van der Waals surface area (Å²) in [4.78, 5) is 5.06. The molecule has 0 amide bonds. The van der Waals surface area contributed by atoms with Crippen molar-refractivity contribution in [3.05, 3.63) is 192 Å². The quantitative estimate of drug-likeness (QED) is 0.170. The minimum Gasteiger partial charge on any atom is -0.311 e. The second-order valence-corrected chi connectivity index (χ2v) is 27.8. The van der Waals surface area contributed by atoms with Crippen LogP contribution in [-0.2, 0) is 0 Å². The molecular formula is C56H52B2N2Si2. The van der Waals surface area contributed by atoms with E-state index < -0.39 is 16.1 Å². The lowest BCUT2D eigenvalue weighted by atomic mass is 9.20. The summed E-state index contributed by atoms with van der Waals surface area (Å²) in [6, 6.07) is 65.0. The van der Waals surface area contributed by atoms with E-state index in [1.165, 1.54) is 110 Å². The molecule has 6 heteroatoms. The Labute approximate surface area is 371 Å². The lowest BCUT2D eigenvalue weighted by Gasteiger charge is -2.41. The number of benzene rings is 8. The molecule has 0 fully saturated rings. The largest absolute Gasteiger partial charge is 0.311 e. The van der Waals surface area contributed by atoms with Gasteiger partial charge >= 0.3 is 0 Å². The second kappa shape index (κ2) is 14.2. The molecule has 0 N–H and O–H groups in total. The second-order valence-electron chi connectivity index (χ2n) is 19.1. The van der Waals surface area contributed by atoms with Crippen LogP contribution in [0.2, 0.25) is 26.2 Å². The molecule has 3 heterocycles. The summed E-state index contributed by atoms with van der Waals surface area (Å²) in [7, 11) is -3.76. The van der Waals surface area contributed by atoms with Gasteiger partial charge in [-0.15, -0.1) is 0 Å². The molecule has 0 aromatic heterocycles. The topological polar surface area (TPSA) is 6.48 Å². The molecule has 0 radical (unpaired) electrons. The smallest absolute Gasteiger partial charge is 0.240 e. The van der Waals surface area contributed by atoms with Gasteiger partial charge in [-0.05, 0) is 97.0 Å². The molecule has 62 heavy (non-hydrogen) atoms. The maximum absolute atomic E-state index is 2.53. The third-order valence-electron chi connectivity index (χ3n) is 14.8. The monoisotopic (exact) mass is 830 g/mol. The molecule has 3 aliphatic heterocycles. The van der Waals surface area contributed by atoms with Crippen molar-refractivity contribution in [1.29, 1.82) is 0 Å². The van der Waals surface area contributed by atoms with Crippen LogP contribution in [0, 0.1) is 27.7 Å². The Bertz CT molecular complexity index is 2730. The molecule has 0 spiro atoms. The summed E-state index contributed by atoms with van der Waals surface area (Å²) < 4.78 is 0. The fourth-order valence-corrected chi connectivity index (χ4v) is 18.0. The first kappa shape index (κ1) is 38.8. The van der Waals surface area contributed by atoms with Gasteiger partial charge in [0.1, 0.15) is 16.1 Å². The fraction of sp³-hybridized carbons (Fsp3) is 0.143. The lowest BCUT2D eigenvalue weighted by Crippen LogP contribution is -2.75. The van der Waals surface area contributed by atoms with Gasteiger partial charge in [0.2, 0.25) is 13.4 Å². The number of para-hydroxylation sites is 4. The van der Waals surface area contributed by atoms with Crippen LogP contribution in [0.25, 0.3) is 0 Å². The molecule has 8 aromatic carbocycles. The highest BCUT2D eigenvalue weighted by Gasteiger charge is 2.43. The highest BCUT2D eigenvalue weighted by atomic mass is 28.3. The predicted octanol–water partition coefficient (Wildman–Crippen LogP) is 7.48. The number of nitrogens with zero attached hydrogens (tertiary/aromatic N) is 2. The first-order valence-electron chi connectivity index (χ1n) is 22.3. The van der Waals surface area contributed by atoms with E-state index in [1.807, 2.05) is 0 Å². The molecule has 8 aromatic rings. The van der Waals surface area contributed by atoms with E-state index in [1.54, 1.807) is 0 Å². The van der Waals surface area contributed by atoms with Crippen molar-refractivity contribution < 1.29 is 0 Å². The van der Waals surface area contributed by atoms with Gasteiger partial charge in [0.15, 0.2) is 0 Å². The number of rotatable bonds is 4. The fourth-order valence-electron chi connectivity index (χ4n) is 12.0. The molecule has 0 unspecified atom stereocenters. The van der Waals surface area contributed by atoms with Crippen LogP contribution in [0.4, 0.5) is 34.1 Å².